The van der Waals surface area contributed by atoms with Crippen molar-refractivity contribution in [2.24, 2.45) is 0 Å². The summed E-state index contributed by atoms with van der Waals surface area (Å²) in [6.45, 7) is 0.181. The van der Waals surface area contributed by atoms with E-state index in [4.69, 9.17) is 11.6 Å². The highest BCUT2D eigenvalue weighted by Crippen LogP contribution is 2.32. The highest BCUT2D eigenvalue weighted by molar-refractivity contribution is 6.98. The van der Waals surface area contributed by atoms with Gasteiger partial charge < -0.3 is 4.57 Å². The third kappa shape index (κ3) is 2.02. The third-order valence-corrected chi connectivity index (χ3v) is 5.94. The van der Waals surface area contributed by atoms with Crippen LogP contribution in [0.15, 0.2) is 91.0 Å². The minimum absolute atomic E-state index is 0.181. The molecule has 1 nitrogen and oxygen atoms in total. The molecule has 0 amide bonds. The molecular formula is C24H15BClN. The minimum Gasteiger partial charge on any atom is -0.310 e. The van der Waals surface area contributed by atoms with Crippen molar-refractivity contribution in [1.29, 1.82) is 0 Å². The molecule has 5 aromatic rings. The number of benzene rings is 4. The Balaban J connectivity index is 1.83. The number of para-hydroxylation sites is 3. The van der Waals surface area contributed by atoms with Crippen LogP contribution in [0.1, 0.15) is 0 Å². The number of hydrogen-bond donors (Lipinski definition) is 0. The fourth-order valence-corrected chi connectivity index (χ4v) is 4.88. The molecule has 0 aliphatic carbocycles. The fraction of sp³-hybridized carbons (Fsp3) is 0. The normalized spacial score (nSPS) is 12.6. The summed E-state index contributed by atoms with van der Waals surface area (Å²) >= 11 is 6.35. The molecule has 0 N–H and O–H groups in total. The van der Waals surface area contributed by atoms with Crippen molar-refractivity contribution in [3.63, 3.8) is 0 Å². The Morgan fingerprint density at radius 3 is 2.33 bits per heavy atom. The van der Waals surface area contributed by atoms with Crippen molar-refractivity contribution < 1.29 is 0 Å². The highest BCUT2D eigenvalue weighted by atomic mass is 35.5. The van der Waals surface area contributed by atoms with Crippen LogP contribution in [0.4, 0.5) is 0 Å². The molecule has 0 saturated heterocycles. The van der Waals surface area contributed by atoms with Crippen LogP contribution in [-0.2, 0) is 0 Å². The van der Waals surface area contributed by atoms with Gasteiger partial charge in [0, 0.05) is 27.0 Å². The minimum atomic E-state index is 0.181. The molecule has 0 saturated carbocycles. The Bertz CT molecular complexity index is 1350. The van der Waals surface area contributed by atoms with Crippen molar-refractivity contribution >= 4 is 56.5 Å². The maximum atomic E-state index is 6.35. The van der Waals surface area contributed by atoms with E-state index in [2.05, 4.69) is 83.4 Å². The predicted octanol–water partition coefficient (Wildman–Crippen LogP) is 4.27. The van der Waals surface area contributed by atoms with Gasteiger partial charge in [-0.05, 0) is 35.2 Å². The van der Waals surface area contributed by atoms with Crippen LogP contribution in [0, 0.1) is 0 Å². The quantitative estimate of drug-likeness (QED) is 0.385. The summed E-state index contributed by atoms with van der Waals surface area (Å²) in [5.74, 6) is 0. The molecule has 126 valence electrons. The number of halogens is 1. The van der Waals surface area contributed by atoms with Gasteiger partial charge in [-0.1, -0.05) is 83.8 Å². The maximum Gasteiger partial charge on any atom is 0.246 e. The molecular weight excluding hydrogens is 349 g/mol. The van der Waals surface area contributed by atoms with Crippen LogP contribution in [0.5, 0.6) is 0 Å². The summed E-state index contributed by atoms with van der Waals surface area (Å²) in [4.78, 5) is 0. The molecule has 1 aromatic heterocycles. The van der Waals surface area contributed by atoms with Gasteiger partial charge in [0.1, 0.15) is 0 Å². The molecule has 0 unspecified atom stereocenters. The molecule has 2 heterocycles. The van der Waals surface area contributed by atoms with Gasteiger partial charge in [-0.25, -0.2) is 0 Å². The van der Waals surface area contributed by atoms with Gasteiger partial charge in [0.2, 0.25) is 6.71 Å². The maximum absolute atomic E-state index is 6.35. The first-order chi connectivity index (χ1) is 13.3. The molecule has 4 aromatic carbocycles. The molecule has 6 rings (SSSR count). The summed E-state index contributed by atoms with van der Waals surface area (Å²) in [7, 11) is 0. The second kappa shape index (κ2) is 5.51. The van der Waals surface area contributed by atoms with Crippen molar-refractivity contribution in [1.82, 2.24) is 4.57 Å². The zero-order chi connectivity index (χ0) is 18.0. The van der Waals surface area contributed by atoms with Gasteiger partial charge in [-0.15, -0.1) is 0 Å². The van der Waals surface area contributed by atoms with Crippen LogP contribution in [0.25, 0.3) is 27.5 Å². The van der Waals surface area contributed by atoms with E-state index in [1.54, 1.807) is 0 Å². The first-order valence-corrected chi connectivity index (χ1v) is 9.57. The Morgan fingerprint density at radius 1 is 0.667 bits per heavy atom. The van der Waals surface area contributed by atoms with Crippen molar-refractivity contribution in [2.75, 3.05) is 0 Å². The van der Waals surface area contributed by atoms with Crippen LogP contribution >= 0.6 is 11.6 Å². The molecule has 27 heavy (non-hydrogen) atoms. The zero-order valence-corrected chi connectivity index (χ0v) is 15.3. The van der Waals surface area contributed by atoms with E-state index in [0.29, 0.717) is 0 Å². The SMILES string of the molecule is Clc1cccc(B2c3ccccc3-n3c4ccccc4c4cccc2c43)c1. The Kier molecular flexibility index (Phi) is 3.09. The summed E-state index contributed by atoms with van der Waals surface area (Å²) in [6, 6.07) is 32.4. The number of rotatable bonds is 1. The molecule has 0 bridgehead atoms. The van der Waals surface area contributed by atoms with Gasteiger partial charge in [0.05, 0.1) is 5.52 Å². The smallest absolute Gasteiger partial charge is 0.246 e. The molecule has 0 spiro atoms. The Labute approximate surface area is 162 Å². The van der Waals surface area contributed by atoms with Gasteiger partial charge >= 0.3 is 0 Å². The first-order valence-electron chi connectivity index (χ1n) is 9.20. The summed E-state index contributed by atoms with van der Waals surface area (Å²) in [5.41, 5.74) is 7.72. The number of aromatic nitrogens is 1. The van der Waals surface area contributed by atoms with E-state index in [-0.39, 0.29) is 6.71 Å². The van der Waals surface area contributed by atoms with Crippen LogP contribution in [-0.4, -0.2) is 11.3 Å². The van der Waals surface area contributed by atoms with Crippen molar-refractivity contribution in [3.8, 4) is 5.69 Å². The Hall–Kier alpha value is -2.97. The van der Waals surface area contributed by atoms with Crippen molar-refractivity contribution in [3.05, 3.63) is 96.0 Å². The third-order valence-electron chi connectivity index (χ3n) is 5.71. The summed E-state index contributed by atoms with van der Waals surface area (Å²) in [6.07, 6.45) is 0. The molecule has 0 fully saturated rings. The predicted molar refractivity (Wildman–Crippen MR) is 117 cm³/mol. The first kappa shape index (κ1) is 15.1. The monoisotopic (exact) mass is 363 g/mol. The number of nitrogens with zero attached hydrogens (tertiary/aromatic N) is 1. The Morgan fingerprint density at radius 2 is 1.41 bits per heavy atom. The van der Waals surface area contributed by atoms with Crippen LogP contribution in [0.2, 0.25) is 5.02 Å². The van der Waals surface area contributed by atoms with Crippen molar-refractivity contribution in [2.45, 2.75) is 0 Å². The van der Waals surface area contributed by atoms with E-state index >= 15 is 0 Å². The van der Waals surface area contributed by atoms with Crippen LogP contribution in [0.3, 0.4) is 0 Å². The topological polar surface area (TPSA) is 4.93 Å². The van der Waals surface area contributed by atoms with Gasteiger partial charge in [-0.2, -0.15) is 0 Å². The lowest BCUT2D eigenvalue weighted by molar-refractivity contribution is 1.19. The summed E-state index contributed by atoms with van der Waals surface area (Å²) < 4.78 is 2.43. The second-order valence-corrected chi connectivity index (χ2v) is 7.58. The van der Waals surface area contributed by atoms with E-state index in [9.17, 15) is 0 Å². The molecule has 3 heteroatoms. The lowest BCUT2D eigenvalue weighted by atomic mass is 9.35. The molecule has 0 atom stereocenters. The largest absolute Gasteiger partial charge is 0.310 e. The molecule has 0 radical (unpaired) electrons. The molecule has 1 aliphatic heterocycles. The lowest BCUT2D eigenvalue weighted by Gasteiger charge is -2.27. The van der Waals surface area contributed by atoms with Gasteiger partial charge in [0.25, 0.3) is 0 Å². The fourth-order valence-electron chi connectivity index (χ4n) is 4.68. The van der Waals surface area contributed by atoms with E-state index < -0.39 is 0 Å². The van der Waals surface area contributed by atoms with E-state index in [0.717, 1.165) is 5.02 Å². The second-order valence-electron chi connectivity index (χ2n) is 7.14. The number of fused-ring (bicyclic) bond motifs is 5. The average Bonchev–Trinajstić information content (AvgIpc) is 3.05. The van der Waals surface area contributed by atoms with Crippen LogP contribution < -0.4 is 16.4 Å². The number of hydrogen-bond acceptors (Lipinski definition) is 0. The lowest BCUT2D eigenvalue weighted by Crippen LogP contribution is -2.55. The van der Waals surface area contributed by atoms with E-state index in [1.165, 1.54) is 43.9 Å². The molecule has 1 aliphatic rings. The highest BCUT2D eigenvalue weighted by Gasteiger charge is 2.32. The van der Waals surface area contributed by atoms with Gasteiger partial charge in [0.15, 0.2) is 0 Å². The summed E-state index contributed by atoms with van der Waals surface area (Å²) in [5, 5.41) is 3.39. The average molecular weight is 364 g/mol. The van der Waals surface area contributed by atoms with Gasteiger partial charge in [-0.3, -0.25) is 0 Å². The van der Waals surface area contributed by atoms with E-state index in [1.807, 2.05) is 12.1 Å². The zero-order valence-electron chi connectivity index (χ0n) is 14.6. The standard InChI is InChI=1S/C24H15BClN/c26-17-8-5-7-16(15-17)25-20-11-2-4-14-23(20)27-22-13-3-1-9-18(22)19-10-6-12-21(25)24(19)27/h1-15H.